The number of alkyl halides is 2. The Kier molecular flexibility index (Phi) is 4.77. The lowest BCUT2D eigenvalue weighted by atomic mass is 10.3. The van der Waals surface area contributed by atoms with Crippen LogP contribution in [-0.2, 0) is 10.0 Å². The van der Waals surface area contributed by atoms with Crippen molar-refractivity contribution in [2.24, 2.45) is 5.73 Å². The SMILES string of the molecule is CN(C)S(=O)(=O)c1ccc(NCC(F)(F)CN)nc1. The molecule has 1 rings (SSSR count). The van der Waals surface area contributed by atoms with Gasteiger partial charge in [0, 0.05) is 20.3 Å². The van der Waals surface area contributed by atoms with Crippen molar-refractivity contribution in [1.29, 1.82) is 0 Å². The Morgan fingerprint density at radius 2 is 2.05 bits per heavy atom. The number of aromatic nitrogens is 1. The number of nitrogens with zero attached hydrogens (tertiary/aromatic N) is 2. The van der Waals surface area contributed by atoms with E-state index < -0.39 is 29.0 Å². The van der Waals surface area contributed by atoms with Gasteiger partial charge in [-0.15, -0.1) is 0 Å². The van der Waals surface area contributed by atoms with Gasteiger partial charge in [-0.3, -0.25) is 0 Å². The van der Waals surface area contributed by atoms with E-state index in [1.54, 1.807) is 0 Å². The summed E-state index contributed by atoms with van der Waals surface area (Å²) >= 11 is 0. The van der Waals surface area contributed by atoms with Crippen molar-refractivity contribution >= 4 is 15.8 Å². The molecule has 0 aliphatic carbocycles. The molecule has 0 saturated heterocycles. The van der Waals surface area contributed by atoms with Crippen molar-refractivity contribution in [2.45, 2.75) is 10.8 Å². The molecule has 0 spiro atoms. The predicted molar refractivity (Wildman–Crippen MR) is 67.6 cm³/mol. The molecule has 3 N–H and O–H groups in total. The van der Waals surface area contributed by atoms with Crippen molar-refractivity contribution in [2.75, 3.05) is 32.5 Å². The molecule has 1 heterocycles. The number of halogens is 2. The zero-order chi connectivity index (χ0) is 14.7. The lowest BCUT2D eigenvalue weighted by molar-refractivity contribution is 0.0253. The average Bonchev–Trinajstić information content (AvgIpc) is 2.37. The highest BCUT2D eigenvalue weighted by Gasteiger charge is 2.26. The summed E-state index contributed by atoms with van der Waals surface area (Å²) in [6.45, 7) is -1.43. The summed E-state index contributed by atoms with van der Waals surface area (Å²) in [6, 6.07) is 2.62. The van der Waals surface area contributed by atoms with Crippen LogP contribution in [-0.4, -0.2) is 50.8 Å². The highest BCUT2D eigenvalue weighted by atomic mass is 32.2. The van der Waals surface area contributed by atoms with Crippen molar-refractivity contribution < 1.29 is 17.2 Å². The number of anilines is 1. The second-order valence-corrected chi connectivity index (χ2v) is 6.23. The lowest BCUT2D eigenvalue weighted by Crippen LogP contribution is -2.35. The minimum Gasteiger partial charge on any atom is -0.364 e. The monoisotopic (exact) mass is 294 g/mol. The second-order valence-electron chi connectivity index (χ2n) is 4.08. The van der Waals surface area contributed by atoms with Gasteiger partial charge in [0.1, 0.15) is 10.7 Å². The first-order chi connectivity index (χ1) is 8.69. The van der Waals surface area contributed by atoms with Gasteiger partial charge in [-0.1, -0.05) is 0 Å². The second kappa shape index (κ2) is 5.76. The summed E-state index contributed by atoms with van der Waals surface area (Å²) in [5.74, 6) is -2.87. The van der Waals surface area contributed by atoms with Crippen molar-refractivity contribution in [3.63, 3.8) is 0 Å². The van der Waals surface area contributed by atoms with Gasteiger partial charge in [0.25, 0.3) is 5.92 Å². The number of sulfonamides is 1. The number of rotatable bonds is 6. The fourth-order valence-electron chi connectivity index (χ4n) is 1.14. The van der Waals surface area contributed by atoms with Gasteiger partial charge in [-0.05, 0) is 12.1 Å². The van der Waals surface area contributed by atoms with Gasteiger partial charge in [-0.25, -0.2) is 26.5 Å². The molecule has 0 aromatic carbocycles. The summed E-state index contributed by atoms with van der Waals surface area (Å²) in [6.07, 6.45) is 1.11. The van der Waals surface area contributed by atoms with Gasteiger partial charge in [0.2, 0.25) is 10.0 Å². The first-order valence-electron chi connectivity index (χ1n) is 5.39. The first-order valence-corrected chi connectivity index (χ1v) is 6.83. The van der Waals surface area contributed by atoms with Crippen molar-refractivity contribution in [3.05, 3.63) is 18.3 Å². The smallest absolute Gasteiger partial charge is 0.276 e. The molecular formula is C10H16F2N4O2S. The zero-order valence-electron chi connectivity index (χ0n) is 10.6. The molecule has 0 aliphatic rings. The quantitative estimate of drug-likeness (QED) is 0.790. The molecule has 108 valence electrons. The molecule has 0 amide bonds. The molecule has 0 radical (unpaired) electrons. The van der Waals surface area contributed by atoms with E-state index in [-0.39, 0.29) is 10.7 Å². The Morgan fingerprint density at radius 1 is 1.42 bits per heavy atom. The Bertz CT molecular complexity index is 517. The highest BCUT2D eigenvalue weighted by molar-refractivity contribution is 7.89. The molecule has 0 unspecified atom stereocenters. The third-order valence-corrected chi connectivity index (χ3v) is 4.14. The average molecular weight is 294 g/mol. The largest absolute Gasteiger partial charge is 0.364 e. The van der Waals surface area contributed by atoms with E-state index in [1.807, 2.05) is 0 Å². The Morgan fingerprint density at radius 3 is 2.47 bits per heavy atom. The summed E-state index contributed by atoms with van der Waals surface area (Å²) < 4.78 is 50.3. The molecule has 9 heteroatoms. The molecule has 6 nitrogen and oxygen atoms in total. The molecule has 0 fully saturated rings. The third-order valence-electron chi connectivity index (χ3n) is 2.34. The summed E-state index contributed by atoms with van der Waals surface area (Å²) in [7, 11) is -0.782. The maximum absolute atomic E-state index is 12.9. The van der Waals surface area contributed by atoms with Gasteiger partial charge in [0.05, 0.1) is 13.1 Å². The summed E-state index contributed by atoms with van der Waals surface area (Å²) in [4.78, 5) is 3.77. The molecule has 1 aromatic rings. The van der Waals surface area contributed by atoms with E-state index in [0.717, 1.165) is 10.5 Å². The van der Waals surface area contributed by atoms with E-state index in [9.17, 15) is 17.2 Å². The van der Waals surface area contributed by atoms with Gasteiger partial charge in [0.15, 0.2) is 0 Å². The third kappa shape index (κ3) is 4.08. The fraction of sp³-hybridized carbons (Fsp3) is 0.500. The topological polar surface area (TPSA) is 88.3 Å². The predicted octanol–water partition coefficient (Wildman–Crippen LogP) is 0.338. The fourth-order valence-corrected chi connectivity index (χ4v) is 1.99. The standard InChI is InChI=1S/C10H16F2N4O2S/c1-16(2)19(17,18)8-3-4-9(14-5-8)15-7-10(11,12)6-13/h3-5H,6-7,13H2,1-2H3,(H,14,15). The van der Waals surface area contributed by atoms with Crippen LogP contribution in [0.25, 0.3) is 0 Å². The van der Waals surface area contributed by atoms with Gasteiger partial charge >= 0.3 is 0 Å². The van der Waals surface area contributed by atoms with Crippen LogP contribution in [0.3, 0.4) is 0 Å². The van der Waals surface area contributed by atoms with Crippen molar-refractivity contribution in [3.8, 4) is 0 Å². The van der Waals surface area contributed by atoms with Crippen LogP contribution >= 0.6 is 0 Å². The molecular weight excluding hydrogens is 278 g/mol. The Balaban J connectivity index is 2.78. The minimum atomic E-state index is -3.57. The van der Waals surface area contributed by atoms with E-state index in [0.29, 0.717) is 0 Å². The van der Waals surface area contributed by atoms with E-state index in [2.05, 4.69) is 10.3 Å². The maximum Gasteiger partial charge on any atom is 0.276 e. The van der Waals surface area contributed by atoms with Crippen LogP contribution in [0.15, 0.2) is 23.2 Å². The molecule has 0 atom stereocenters. The number of hydrogen-bond donors (Lipinski definition) is 2. The van der Waals surface area contributed by atoms with Crippen LogP contribution in [0, 0.1) is 0 Å². The van der Waals surface area contributed by atoms with E-state index in [4.69, 9.17) is 5.73 Å². The maximum atomic E-state index is 12.9. The van der Waals surface area contributed by atoms with Crippen LogP contribution in [0.4, 0.5) is 14.6 Å². The molecule has 0 saturated carbocycles. The number of pyridine rings is 1. The number of nitrogens with two attached hydrogens (primary N) is 1. The van der Waals surface area contributed by atoms with Crippen LogP contribution in [0.5, 0.6) is 0 Å². The van der Waals surface area contributed by atoms with E-state index >= 15 is 0 Å². The summed E-state index contributed by atoms with van der Waals surface area (Å²) in [5.41, 5.74) is 4.89. The van der Waals surface area contributed by atoms with E-state index in [1.165, 1.54) is 26.2 Å². The minimum absolute atomic E-state index is 0.00589. The molecule has 19 heavy (non-hydrogen) atoms. The van der Waals surface area contributed by atoms with Crippen molar-refractivity contribution in [1.82, 2.24) is 9.29 Å². The lowest BCUT2D eigenvalue weighted by Gasteiger charge is -2.15. The Labute approximate surface area is 110 Å². The van der Waals surface area contributed by atoms with Gasteiger partial charge < -0.3 is 11.1 Å². The Hall–Kier alpha value is -1.32. The molecule has 1 aromatic heterocycles. The molecule has 0 bridgehead atoms. The number of nitrogens with one attached hydrogen (secondary N) is 1. The summed E-state index contributed by atoms with van der Waals surface area (Å²) in [5, 5.41) is 2.39. The zero-order valence-corrected chi connectivity index (χ0v) is 11.4. The highest BCUT2D eigenvalue weighted by Crippen LogP contribution is 2.16. The van der Waals surface area contributed by atoms with Crippen LogP contribution in [0.1, 0.15) is 0 Å². The normalized spacial score (nSPS) is 12.7. The number of hydrogen-bond acceptors (Lipinski definition) is 5. The van der Waals surface area contributed by atoms with Crippen LogP contribution in [0.2, 0.25) is 0 Å². The van der Waals surface area contributed by atoms with Crippen LogP contribution < -0.4 is 11.1 Å². The molecule has 0 aliphatic heterocycles. The first kappa shape index (κ1) is 15.7. The van der Waals surface area contributed by atoms with Gasteiger partial charge in [-0.2, -0.15) is 0 Å².